The van der Waals surface area contributed by atoms with Crippen LogP contribution in [0.4, 0.5) is 14.5 Å². The normalized spacial score (nSPS) is 14.0. The number of anilines is 1. The Morgan fingerprint density at radius 2 is 1.93 bits per heavy atom. The summed E-state index contributed by atoms with van der Waals surface area (Å²) in [6, 6.07) is 3.98. The van der Waals surface area contributed by atoms with Gasteiger partial charge in [0.25, 0.3) is 5.91 Å². The molecule has 1 fully saturated rings. The van der Waals surface area contributed by atoms with E-state index in [2.05, 4.69) is 15.0 Å². The molecule has 0 aliphatic heterocycles. The second kappa shape index (κ2) is 8.71. The van der Waals surface area contributed by atoms with Gasteiger partial charge in [-0.2, -0.15) is 8.78 Å². The molecule has 0 spiro atoms. The van der Waals surface area contributed by atoms with E-state index in [1.54, 1.807) is 0 Å². The van der Waals surface area contributed by atoms with Crippen molar-refractivity contribution in [2.75, 3.05) is 11.9 Å². The minimum atomic E-state index is -3.00. The summed E-state index contributed by atoms with van der Waals surface area (Å²) < 4.78 is 35.3. The van der Waals surface area contributed by atoms with Crippen molar-refractivity contribution in [3.8, 4) is 11.5 Å². The van der Waals surface area contributed by atoms with Crippen LogP contribution < -0.4 is 14.8 Å². The Morgan fingerprint density at radius 3 is 2.52 bits per heavy atom. The van der Waals surface area contributed by atoms with Crippen molar-refractivity contribution in [1.29, 1.82) is 0 Å². The van der Waals surface area contributed by atoms with E-state index < -0.39 is 12.5 Å². The van der Waals surface area contributed by atoms with Crippen molar-refractivity contribution in [2.24, 2.45) is 5.92 Å². The number of halogens is 4. The highest BCUT2D eigenvalue weighted by atomic mass is 35.5. The summed E-state index contributed by atoms with van der Waals surface area (Å²) in [6.07, 6.45) is 5.88. The number of hydrogen-bond donors (Lipinski definition) is 1. The number of alkyl halides is 2. The summed E-state index contributed by atoms with van der Waals surface area (Å²) in [5, 5.41) is 2.93. The SMILES string of the molecule is O=C(Nc1c(Cl)cncc1Cl)c1ccc(OC(F)F)c(OCC2CCC2)c1. The van der Waals surface area contributed by atoms with Gasteiger partial charge in [0.2, 0.25) is 0 Å². The third kappa shape index (κ3) is 4.99. The molecular weight excluding hydrogens is 401 g/mol. The Labute approximate surface area is 164 Å². The maximum Gasteiger partial charge on any atom is 0.387 e. The third-order valence-electron chi connectivity index (χ3n) is 4.21. The van der Waals surface area contributed by atoms with E-state index in [4.69, 9.17) is 27.9 Å². The molecule has 1 N–H and O–H groups in total. The second-order valence-corrected chi connectivity index (χ2v) is 6.89. The van der Waals surface area contributed by atoms with Crippen molar-refractivity contribution in [3.05, 3.63) is 46.2 Å². The molecule has 27 heavy (non-hydrogen) atoms. The number of pyridine rings is 1. The van der Waals surface area contributed by atoms with Crippen LogP contribution >= 0.6 is 23.2 Å². The van der Waals surface area contributed by atoms with Crippen LogP contribution in [0.3, 0.4) is 0 Å². The lowest BCUT2D eigenvalue weighted by atomic mass is 9.86. The summed E-state index contributed by atoms with van der Waals surface area (Å²) >= 11 is 12.0. The fourth-order valence-corrected chi connectivity index (χ4v) is 3.00. The molecule has 0 saturated heterocycles. The van der Waals surface area contributed by atoms with Crippen molar-refractivity contribution < 1.29 is 23.0 Å². The zero-order chi connectivity index (χ0) is 19.4. The number of aromatic nitrogens is 1. The number of ether oxygens (including phenoxy) is 2. The molecule has 0 atom stereocenters. The van der Waals surface area contributed by atoms with Gasteiger partial charge in [-0.05, 0) is 37.0 Å². The van der Waals surface area contributed by atoms with E-state index in [9.17, 15) is 13.6 Å². The maximum atomic E-state index is 12.6. The molecule has 144 valence electrons. The van der Waals surface area contributed by atoms with Gasteiger partial charge in [0, 0.05) is 18.0 Å². The average molecular weight is 417 g/mol. The molecule has 9 heteroatoms. The van der Waals surface area contributed by atoms with E-state index >= 15 is 0 Å². The topological polar surface area (TPSA) is 60.5 Å². The average Bonchev–Trinajstić information content (AvgIpc) is 2.57. The third-order valence-corrected chi connectivity index (χ3v) is 4.79. The van der Waals surface area contributed by atoms with Crippen LogP contribution in [0.25, 0.3) is 0 Å². The molecule has 1 aliphatic rings. The number of hydrogen-bond acceptors (Lipinski definition) is 4. The number of rotatable bonds is 7. The Morgan fingerprint density at radius 1 is 1.22 bits per heavy atom. The first-order valence-corrected chi connectivity index (χ1v) is 9.01. The van der Waals surface area contributed by atoms with Gasteiger partial charge in [-0.15, -0.1) is 0 Å². The molecule has 1 aliphatic carbocycles. The first kappa shape index (κ1) is 19.6. The number of nitrogens with zero attached hydrogens (tertiary/aromatic N) is 1. The molecule has 5 nitrogen and oxygen atoms in total. The van der Waals surface area contributed by atoms with Crippen molar-refractivity contribution >= 4 is 34.8 Å². The van der Waals surface area contributed by atoms with Gasteiger partial charge in [-0.25, -0.2) is 0 Å². The summed E-state index contributed by atoms with van der Waals surface area (Å²) in [5.74, 6) is -0.180. The van der Waals surface area contributed by atoms with E-state index in [0.717, 1.165) is 19.3 Å². The van der Waals surface area contributed by atoms with E-state index in [1.165, 1.54) is 30.6 Å². The monoisotopic (exact) mass is 416 g/mol. The molecule has 1 amide bonds. The Balaban J connectivity index is 1.80. The lowest BCUT2D eigenvalue weighted by molar-refractivity contribution is -0.0517. The first-order chi connectivity index (χ1) is 12.9. The van der Waals surface area contributed by atoms with Crippen LogP contribution in [0.2, 0.25) is 10.0 Å². The quantitative estimate of drug-likeness (QED) is 0.654. The van der Waals surface area contributed by atoms with Gasteiger partial charge >= 0.3 is 6.61 Å². The molecule has 0 bridgehead atoms. The minimum Gasteiger partial charge on any atom is -0.489 e. The molecule has 3 rings (SSSR count). The molecule has 0 radical (unpaired) electrons. The zero-order valence-electron chi connectivity index (χ0n) is 14.1. The van der Waals surface area contributed by atoms with E-state index in [-0.39, 0.29) is 32.8 Å². The second-order valence-electron chi connectivity index (χ2n) is 6.08. The van der Waals surface area contributed by atoms with Crippen LogP contribution in [-0.2, 0) is 0 Å². The first-order valence-electron chi connectivity index (χ1n) is 8.26. The van der Waals surface area contributed by atoms with Gasteiger partial charge in [-0.3, -0.25) is 9.78 Å². The summed E-state index contributed by atoms with van der Waals surface area (Å²) in [5.41, 5.74) is 0.396. The van der Waals surface area contributed by atoms with Gasteiger partial charge in [0.15, 0.2) is 11.5 Å². The number of nitrogens with one attached hydrogen (secondary N) is 1. The number of carbonyl (C=O) groups excluding carboxylic acids is 1. The van der Waals surface area contributed by atoms with Crippen LogP contribution in [0.5, 0.6) is 11.5 Å². The van der Waals surface area contributed by atoms with Gasteiger partial charge < -0.3 is 14.8 Å². The molecule has 1 saturated carbocycles. The Hall–Kier alpha value is -2.12. The molecule has 1 aromatic carbocycles. The fraction of sp³-hybridized carbons (Fsp3) is 0.333. The van der Waals surface area contributed by atoms with Crippen molar-refractivity contribution in [2.45, 2.75) is 25.9 Å². The van der Waals surface area contributed by atoms with Gasteiger partial charge in [0.05, 0.1) is 22.3 Å². The van der Waals surface area contributed by atoms with Gasteiger partial charge in [-0.1, -0.05) is 29.6 Å². The van der Waals surface area contributed by atoms with Crippen molar-refractivity contribution in [1.82, 2.24) is 4.98 Å². The standard InChI is InChI=1S/C18H16Cl2F2N2O3/c19-12-7-23-8-13(20)16(12)24-17(25)11-4-5-14(27-18(21)22)15(6-11)26-9-10-2-1-3-10/h4-8,10,18H,1-3,9H2,(H,23,24,25). The van der Waals surface area contributed by atoms with Crippen LogP contribution in [-0.4, -0.2) is 24.1 Å². The van der Waals surface area contributed by atoms with Crippen LogP contribution in [0.1, 0.15) is 29.6 Å². The maximum absolute atomic E-state index is 12.6. The fourth-order valence-electron chi connectivity index (χ4n) is 2.54. The molecule has 2 aromatic rings. The number of amides is 1. The molecular formula is C18H16Cl2F2N2O3. The van der Waals surface area contributed by atoms with Crippen LogP contribution in [0, 0.1) is 5.92 Å². The highest BCUT2D eigenvalue weighted by molar-refractivity contribution is 6.39. The smallest absolute Gasteiger partial charge is 0.387 e. The highest BCUT2D eigenvalue weighted by Crippen LogP contribution is 2.34. The predicted molar refractivity (Wildman–Crippen MR) is 98.1 cm³/mol. The highest BCUT2D eigenvalue weighted by Gasteiger charge is 2.21. The van der Waals surface area contributed by atoms with E-state index in [0.29, 0.717) is 12.5 Å². The number of benzene rings is 1. The lowest BCUT2D eigenvalue weighted by Crippen LogP contribution is -2.20. The van der Waals surface area contributed by atoms with Gasteiger partial charge in [0.1, 0.15) is 0 Å². The Bertz CT molecular complexity index is 812. The minimum absolute atomic E-state index is 0.0850. The summed E-state index contributed by atoms with van der Waals surface area (Å²) in [4.78, 5) is 16.3. The van der Waals surface area contributed by atoms with Crippen molar-refractivity contribution in [3.63, 3.8) is 0 Å². The zero-order valence-corrected chi connectivity index (χ0v) is 15.6. The lowest BCUT2D eigenvalue weighted by Gasteiger charge is -2.25. The van der Waals surface area contributed by atoms with E-state index in [1.807, 2.05) is 0 Å². The molecule has 1 aromatic heterocycles. The summed E-state index contributed by atoms with van der Waals surface area (Å²) in [7, 11) is 0. The molecule has 0 unspecified atom stereocenters. The molecule has 1 heterocycles. The Kier molecular flexibility index (Phi) is 6.34. The summed E-state index contributed by atoms with van der Waals surface area (Å²) in [6.45, 7) is -2.61. The van der Waals surface area contributed by atoms with Crippen LogP contribution in [0.15, 0.2) is 30.6 Å². The number of carbonyl (C=O) groups is 1. The largest absolute Gasteiger partial charge is 0.489 e. The predicted octanol–water partition coefficient (Wildman–Crippen LogP) is 5.42.